The molecule has 0 atom stereocenters. The first-order valence-electron chi connectivity index (χ1n) is 2.27. The highest BCUT2D eigenvalue weighted by Gasteiger charge is 1.91. The van der Waals surface area contributed by atoms with Gasteiger partial charge in [0.2, 0.25) is 0 Å². The van der Waals surface area contributed by atoms with Gasteiger partial charge in [0.25, 0.3) is 0 Å². The second-order valence-electron chi connectivity index (χ2n) is 1.68. The van der Waals surface area contributed by atoms with Crippen molar-refractivity contribution in [1.29, 1.82) is 0 Å². The molecule has 0 spiro atoms. The second kappa shape index (κ2) is 2.07. The predicted octanol–water partition coefficient (Wildman–Crippen LogP) is 1.78. The summed E-state index contributed by atoms with van der Waals surface area (Å²) in [6.07, 6.45) is 1.85. The van der Waals surface area contributed by atoms with Gasteiger partial charge in [-0.15, -0.1) is 12.6 Å². The van der Waals surface area contributed by atoms with Gasteiger partial charge in [0.15, 0.2) is 0 Å². The molecule has 44 valence electrons. The molecule has 1 aromatic heterocycles. The van der Waals surface area contributed by atoms with Crippen LogP contribution >= 0.6 is 25.4 Å². The lowest BCUT2D eigenvalue weighted by Crippen LogP contribution is -1.76. The summed E-state index contributed by atoms with van der Waals surface area (Å²) in [4.78, 5) is 0.956. The molecule has 0 aliphatic rings. The highest BCUT2D eigenvalue weighted by atomic mass is 32.1. The predicted molar refractivity (Wildman–Crippen MR) is 40.8 cm³/mol. The van der Waals surface area contributed by atoms with Crippen molar-refractivity contribution in [1.82, 2.24) is 3.97 Å². The molecule has 8 heavy (non-hydrogen) atoms. The van der Waals surface area contributed by atoms with Crippen LogP contribution in [0, 0.1) is 6.92 Å². The van der Waals surface area contributed by atoms with Gasteiger partial charge in [0.05, 0.1) is 0 Å². The Morgan fingerprint density at radius 3 is 2.38 bits per heavy atom. The third-order valence-corrected chi connectivity index (χ3v) is 1.65. The molecular formula is C5H7NS2. The number of nitrogens with zero attached hydrogens (tertiary/aromatic N) is 1. The minimum atomic E-state index is 0.956. The van der Waals surface area contributed by atoms with E-state index in [0.29, 0.717) is 0 Å². The van der Waals surface area contributed by atoms with E-state index in [1.54, 1.807) is 3.97 Å². The van der Waals surface area contributed by atoms with Crippen LogP contribution in [0.1, 0.15) is 5.69 Å². The number of hydrogen-bond donors (Lipinski definition) is 2. The van der Waals surface area contributed by atoms with Gasteiger partial charge in [0.1, 0.15) is 0 Å². The largest absolute Gasteiger partial charge is 0.298 e. The molecule has 0 radical (unpaired) electrons. The fourth-order valence-electron chi connectivity index (χ4n) is 0.545. The Balaban J connectivity index is 3.14. The minimum Gasteiger partial charge on any atom is -0.298 e. The lowest BCUT2D eigenvalue weighted by atomic mass is 10.5. The summed E-state index contributed by atoms with van der Waals surface area (Å²) in [5.74, 6) is 0. The molecule has 0 bridgehead atoms. The fraction of sp³-hybridized carbons (Fsp3) is 0.200. The summed E-state index contributed by atoms with van der Waals surface area (Å²) in [5.41, 5.74) is 1.11. The maximum absolute atomic E-state index is 4.11. The average molecular weight is 145 g/mol. The van der Waals surface area contributed by atoms with E-state index in [-0.39, 0.29) is 0 Å². The third kappa shape index (κ3) is 1.03. The van der Waals surface area contributed by atoms with Gasteiger partial charge < -0.3 is 0 Å². The Morgan fingerprint density at radius 2 is 2.25 bits per heavy atom. The van der Waals surface area contributed by atoms with Crippen LogP contribution in [0.25, 0.3) is 0 Å². The van der Waals surface area contributed by atoms with E-state index in [1.165, 1.54) is 0 Å². The summed E-state index contributed by atoms with van der Waals surface area (Å²) in [6, 6.07) is 1.95. The Kier molecular flexibility index (Phi) is 1.58. The number of aryl methyl sites for hydroxylation is 1. The number of aromatic nitrogens is 1. The molecule has 0 unspecified atom stereocenters. The van der Waals surface area contributed by atoms with Crippen molar-refractivity contribution in [2.45, 2.75) is 11.8 Å². The third-order valence-electron chi connectivity index (χ3n) is 0.973. The van der Waals surface area contributed by atoms with Gasteiger partial charge in [-0.25, -0.2) is 0 Å². The molecular weight excluding hydrogens is 138 g/mol. The normalized spacial score (nSPS) is 9.88. The monoisotopic (exact) mass is 145 g/mol. The number of thiol groups is 2. The molecule has 0 aromatic carbocycles. The first-order valence-corrected chi connectivity index (χ1v) is 3.12. The highest BCUT2D eigenvalue weighted by Crippen LogP contribution is 2.11. The van der Waals surface area contributed by atoms with E-state index in [1.807, 2.05) is 19.2 Å². The topological polar surface area (TPSA) is 4.93 Å². The maximum atomic E-state index is 4.11. The molecule has 0 aliphatic heterocycles. The molecule has 0 saturated heterocycles. The van der Waals surface area contributed by atoms with E-state index in [2.05, 4.69) is 25.4 Å². The molecule has 0 saturated carbocycles. The zero-order valence-electron chi connectivity index (χ0n) is 4.50. The molecule has 1 nitrogen and oxygen atoms in total. The smallest absolute Gasteiger partial charge is 0.0291 e. The molecule has 0 N–H and O–H groups in total. The molecule has 0 fully saturated rings. The van der Waals surface area contributed by atoms with E-state index in [0.717, 1.165) is 10.6 Å². The Hall–Kier alpha value is -0.0200. The minimum absolute atomic E-state index is 0.956. The van der Waals surface area contributed by atoms with Crippen LogP contribution in [-0.4, -0.2) is 3.97 Å². The Labute approximate surface area is 59.7 Å². The van der Waals surface area contributed by atoms with Crippen LogP contribution in [0.4, 0.5) is 0 Å². The standard InChI is InChI=1S/C5H7NS2/c1-4-2-5(7)3-6(4)8/h2-3,7-8H,1H3. The SMILES string of the molecule is Cc1cc(S)cn1S. The molecule has 0 aliphatic carbocycles. The van der Waals surface area contributed by atoms with E-state index in [4.69, 9.17) is 0 Å². The van der Waals surface area contributed by atoms with Crippen LogP contribution in [0.2, 0.25) is 0 Å². The first kappa shape index (κ1) is 6.11. The zero-order valence-corrected chi connectivity index (χ0v) is 6.29. The van der Waals surface area contributed by atoms with Crippen LogP contribution in [-0.2, 0) is 0 Å². The molecule has 0 amide bonds. The number of rotatable bonds is 0. The Morgan fingerprint density at radius 1 is 1.62 bits per heavy atom. The van der Waals surface area contributed by atoms with Gasteiger partial charge in [0, 0.05) is 16.8 Å². The van der Waals surface area contributed by atoms with E-state index < -0.39 is 0 Å². The zero-order chi connectivity index (χ0) is 6.15. The highest BCUT2D eigenvalue weighted by molar-refractivity contribution is 7.80. The van der Waals surface area contributed by atoms with Crippen molar-refractivity contribution >= 4 is 25.4 Å². The molecule has 1 heterocycles. The van der Waals surface area contributed by atoms with Gasteiger partial charge in [-0.1, -0.05) is 12.8 Å². The van der Waals surface area contributed by atoms with E-state index >= 15 is 0 Å². The average Bonchev–Trinajstić information content (AvgIpc) is 1.85. The Bertz CT molecular complexity index is 173. The van der Waals surface area contributed by atoms with Crippen molar-refractivity contribution in [3.05, 3.63) is 18.0 Å². The summed E-state index contributed by atoms with van der Waals surface area (Å²) >= 11 is 8.19. The summed E-state index contributed by atoms with van der Waals surface area (Å²) in [6.45, 7) is 1.98. The van der Waals surface area contributed by atoms with E-state index in [9.17, 15) is 0 Å². The van der Waals surface area contributed by atoms with Gasteiger partial charge in [-0.2, -0.15) is 0 Å². The quantitative estimate of drug-likeness (QED) is 0.513. The maximum Gasteiger partial charge on any atom is 0.0291 e. The van der Waals surface area contributed by atoms with Crippen LogP contribution in [0.3, 0.4) is 0 Å². The molecule has 3 heteroatoms. The summed E-state index contributed by atoms with van der Waals surface area (Å²) < 4.78 is 1.74. The second-order valence-corrected chi connectivity index (χ2v) is 2.63. The summed E-state index contributed by atoms with van der Waals surface area (Å²) in [7, 11) is 0. The molecule has 1 aromatic rings. The van der Waals surface area contributed by atoms with Crippen molar-refractivity contribution in [2.24, 2.45) is 0 Å². The van der Waals surface area contributed by atoms with Crippen molar-refractivity contribution in [3.63, 3.8) is 0 Å². The first-order chi connectivity index (χ1) is 3.70. The van der Waals surface area contributed by atoms with Crippen LogP contribution < -0.4 is 0 Å². The van der Waals surface area contributed by atoms with Gasteiger partial charge in [-0.3, -0.25) is 3.97 Å². The van der Waals surface area contributed by atoms with Gasteiger partial charge >= 0.3 is 0 Å². The van der Waals surface area contributed by atoms with Gasteiger partial charge in [-0.05, 0) is 13.0 Å². The van der Waals surface area contributed by atoms with Crippen molar-refractivity contribution in [2.75, 3.05) is 0 Å². The summed E-state index contributed by atoms with van der Waals surface area (Å²) in [5, 5.41) is 0. The van der Waals surface area contributed by atoms with Crippen molar-refractivity contribution < 1.29 is 0 Å². The van der Waals surface area contributed by atoms with Crippen LogP contribution in [0.5, 0.6) is 0 Å². The number of hydrogen-bond acceptors (Lipinski definition) is 2. The lowest BCUT2D eigenvalue weighted by Gasteiger charge is -1.87. The fourth-order valence-corrected chi connectivity index (χ4v) is 1.12. The van der Waals surface area contributed by atoms with Crippen molar-refractivity contribution in [3.8, 4) is 0 Å². The van der Waals surface area contributed by atoms with Crippen LogP contribution in [0.15, 0.2) is 17.2 Å². The lowest BCUT2D eigenvalue weighted by molar-refractivity contribution is 1.18. The molecule has 1 rings (SSSR count).